The monoisotopic (exact) mass is 233 g/mol. The Morgan fingerprint density at radius 3 is 2.71 bits per heavy atom. The largest absolute Gasteiger partial charge is 0.480 e. The van der Waals surface area contributed by atoms with E-state index >= 15 is 0 Å². The fourth-order valence-electron chi connectivity index (χ4n) is 1.47. The summed E-state index contributed by atoms with van der Waals surface area (Å²) in [6.45, 7) is 5.39. The van der Waals surface area contributed by atoms with Gasteiger partial charge in [0.15, 0.2) is 0 Å². The predicted molar refractivity (Wildman–Crippen MR) is 63.6 cm³/mol. The Morgan fingerprint density at radius 1 is 1.59 bits per heavy atom. The van der Waals surface area contributed by atoms with Gasteiger partial charge in [0.2, 0.25) is 0 Å². The highest BCUT2D eigenvalue weighted by Crippen LogP contribution is 2.18. The van der Waals surface area contributed by atoms with E-state index < -0.39 is 12.0 Å². The van der Waals surface area contributed by atoms with Gasteiger partial charge in [-0.25, -0.2) is 9.78 Å². The number of carbonyl (C=O) groups is 1. The summed E-state index contributed by atoms with van der Waals surface area (Å²) in [7, 11) is 0. The van der Waals surface area contributed by atoms with Gasteiger partial charge >= 0.3 is 5.97 Å². The molecule has 0 aliphatic carbocycles. The molecule has 0 bridgehead atoms. The molecule has 1 unspecified atom stereocenters. The van der Waals surface area contributed by atoms with Crippen LogP contribution < -0.4 is 5.32 Å². The molecule has 1 heterocycles. The number of aliphatic carboxylic acids is 1. The zero-order valence-corrected chi connectivity index (χ0v) is 10.1. The molecule has 0 radical (unpaired) electrons. The fourth-order valence-corrected chi connectivity index (χ4v) is 1.47. The molecule has 1 rings (SSSR count). The van der Waals surface area contributed by atoms with E-state index in [-0.39, 0.29) is 5.92 Å². The smallest absolute Gasteiger partial charge is 0.326 e. The Hall–Kier alpha value is -2.09. The maximum absolute atomic E-state index is 11.1. The first kappa shape index (κ1) is 13.0. The summed E-state index contributed by atoms with van der Waals surface area (Å²) < 4.78 is 0. The van der Waals surface area contributed by atoms with Gasteiger partial charge in [0.1, 0.15) is 17.9 Å². The minimum Gasteiger partial charge on any atom is -0.480 e. The number of anilines is 1. The van der Waals surface area contributed by atoms with Crippen molar-refractivity contribution in [3.8, 4) is 6.07 Å². The number of nitrogens with zero attached hydrogens (tertiary/aromatic N) is 2. The molecule has 0 spiro atoms. The molecule has 1 aromatic rings. The van der Waals surface area contributed by atoms with Crippen LogP contribution in [0.2, 0.25) is 0 Å². The molecule has 90 valence electrons. The number of carboxylic acids is 1. The van der Waals surface area contributed by atoms with Gasteiger partial charge in [-0.1, -0.05) is 13.8 Å². The zero-order chi connectivity index (χ0) is 13.0. The van der Waals surface area contributed by atoms with E-state index in [0.717, 1.165) is 5.56 Å². The summed E-state index contributed by atoms with van der Waals surface area (Å²) in [6.07, 6.45) is 1.55. The van der Waals surface area contributed by atoms with E-state index in [1.807, 2.05) is 6.07 Å². The lowest BCUT2D eigenvalue weighted by Gasteiger charge is -2.19. The van der Waals surface area contributed by atoms with Gasteiger partial charge in [-0.15, -0.1) is 0 Å². The second-order valence-corrected chi connectivity index (χ2v) is 4.17. The number of aryl methyl sites for hydroxylation is 1. The number of nitrogens with one attached hydrogen (secondary N) is 1. The van der Waals surface area contributed by atoms with Gasteiger partial charge in [0, 0.05) is 6.20 Å². The molecule has 17 heavy (non-hydrogen) atoms. The first-order chi connectivity index (χ1) is 7.97. The van der Waals surface area contributed by atoms with E-state index in [0.29, 0.717) is 11.4 Å². The molecule has 2 N–H and O–H groups in total. The molecule has 5 heteroatoms. The van der Waals surface area contributed by atoms with E-state index in [9.17, 15) is 4.79 Å². The summed E-state index contributed by atoms with van der Waals surface area (Å²) in [5.41, 5.74) is 1.16. The van der Waals surface area contributed by atoms with Gasteiger partial charge in [-0.05, 0) is 24.5 Å². The normalized spacial score (nSPS) is 11.9. The molecule has 0 aromatic carbocycles. The molecule has 0 aliphatic rings. The Balaban J connectivity index is 3.06. The Labute approximate surface area is 100 Å². The van der Waals surface area contributed by atoms with Crippen molar-refractivity contribution in [3.63, 3.8) is 0 Å². The van der Waals surface area contributed by atoms with Gasteiger partial charge in [-0.2, -0.15) is 5.26 Å². The van der Waals surface area contributed by atoms with Gasteiger partial charge in [-0.3, -0.25) is 0 Å². The lowest BCUT2D eigenvalue weighted by molar-refractivity contribution is -0.138. The topological polar surface area (TPSA) is 86.0 Å². The third-order valence-electron chi connectivity index (χ3n) is 2.50. The van der Waals surface area contributed by atoms with Gasteiger partial charge in [0.05, 0.1) is 5.56 Å². The standard InChI is InChI=1S/C12H15N3O2/c1-7(2)10(12(16)17)15-11-9(6-13)8(3)4-5-14-11/h4-5,7,10H,1-3H3,(H,14,15)(H,16,17). The Morgan fingerprint density at radius 2 is 2.24 bits per heavy atom. The van der Waals surface area contributed by atoms with Crippen LogP contribution in [0.3, 0.4) is 0 Å². The molecule has 0 saturated heterocycles. The van der Waals surface area contributed by atoms with Crippen molar-refractivity contribution >= 4 is 11.8 Å². The highest BCUT2D eigenvalue weighted by Gasteiger charge is 2.22. The van der Waals surface area contributed by atoms with Crippen LogP contribution in [0.1, 0.15) is 25.0 Å². The zero-order valence-electron chi connectivity index (χ0n) is 10.1. The number of carboxylic acid groups (broad SMARTS) is 1. The minimum absolute atomic E-state index is 0.0960. The number of aromatic nitrogens is 1. The average Bonchev–Trinajstić information content (AvgIpc) is 2.25. The molecule has 1 atom stereocenters. The van der Waals surface area contributed by atoms with Crippen LogP contribution in [0, 0.1) is 24.2 Å². The van der Waals surface area contributed by atoms with Crippen LogP contribution in [-0.4, -0.2) is 22.1 Å². The number of nitriles is 1. The van der Waals surface area contributed by atoms with E-state index in [2.05, 4.69) is 10.3 Å². The highest BCUT2D eigenvalue weighted by atomic mass is 16.4. The maximum Gasteiger partial charge on any atom is 0.326 e. The van der Waals surface area contributed by atoms with E-state index in [4.69, 9.17) is 10.4 Å². The first-order valence-corrected chi connectivity index (χ1v) is 5.32. The van der Waals surface area contributed by atoms with Crippen molar-refractivity contribution in [2.45, 2.75) is 26.8 Å². The van der Waals surface area contributed by atoms with Gasteiger partial charge < -0.3 is 10.4 Å². The van der Waals surface area contributed by atoms with Crippen molar-refractivity contribution in [2.75, 3.05) is 5.32 Å². The SMILES string of the molecule is Cc1ccnc(NC(C(=O)O)C(C)C)c1C#N. The van der Waals surface area contributed by atoms with Crippen molar-refractivity contribution in [1.82, 2.24) is 4.98 Å². The maximum atomic E-state index is 11.1. The van der Waals surface area contributed by atoms with E-state index in [1.165, 1.54) is 0 Å². The summed E-state index contributed by atoms with van der Waals surface area (Å²) in [6, 6.07) is 2.99. The molecule has 5 nitrogen and oxygen atoms in total. The van der Waals surface area contributed by atoms with E-state index in [1.54, 1.807) is 33.0 Å². The number of hydrogen-bond acceptors (Lipinski definition) is 4. The average molecular weight is 233 g/mol. The molecule has 1 aromatic heterocycles. The third-order valence-corrected chi connectivity index (χ3v) is 2.50. The molecule has 0 aliphatic heterocycles. The lowest BCUT2D eigenvalue weighted by atomic mass is 10.0. The highest BCUT2D eigenvalue weighted by molar-refractivity contribution is 5.78. The summed E-state index contributed by atoms with van der Waals surface area (Å²) in [5, 5.41) is 20.9. The lowest BCUT2D eigenvalue weighted by Crippen LogP contribution is -2.34. The third kappa shape index (κ3) is 2.94. The summed E-state index contributed by atoms with van der Waals surface area (Å²) >= 11 is 0. The minimum atomic E-state index is -0.952. The Bertz CT molecular complexity index is 463. The number of pyridine rings is 1. The van der Waals surface area contributed by atoms with Crippen LogP contribution in [0.5, 0.6) is 0 Å². The number of rotatable bonds is 4. The van der Waals surface area contributed by atoms with Crippen LogP contribution in [0.4, 0.5) is 5.82 Å². The molecular weight excluding hydrogens is 218 g/mol. The molecule has 0 fully saturated rings. The van der Waals surface area contributed by atoms with Crippen LogP contribution in [0.15, 0.2) is 12.3 Å². The second-order valence-electron chi connectivity index (χ2n) is 4.17. The van der Waals surface area contributed by atoms with Gasteiger partial charge in [0.25, 0.3) is 0 Å². The molecule has 0 saturated carbocycles. The van der Waals surface area contributed by atoms with Crippen molar-refractivity contribution in [3.05, 3.63) is 23.4 Å². The summed E-state index contributed by atoms with van der Waals surface area (Å²) in [5.74, 6) is -0.720. The summed E-state index contributed by atoms with van der Waals surface area (Å²) in [4.78, 5) is 15.1. The van der Waals surface area contributed by atoms with Crippen LogP contribution in [-0.2, 0) is 4.79 Å². The van der Waals surface area contributed by atoms with Crippen LogP contribution >= 0.6 is 0 Å². The number of hydrogen-bond donors (Lipinski definition) is 2. The van der Waals surface area contributed by atoms with Crippen molar-refractivity contribution in [2.24, 2.45) is 5.92 Å². The molecule has 0 amide bonds. The molecular formula is C12H15N3O2. The van der Waals surface area contributed by atoms with Crippen molar-refractivity contribution < 1.29 is 9.90 Å². The fraction of sp³-hybridized carbons (Fsp3) is 0.417. The van der Waals surface area contributed by atoms with Crippen LogP contribution in [0.25, 0.3) is 0 Å². The second kappa shape index (κ2) is 5.30. The van der Waals surface area contributed by atoms with Crippen molar-refractivity contribution in [1.29, 1.82) is 5.26 Å². The Kier molecular flexibility index (Phi) is 4.05. The quantitative estimate of drug-likeness (QED) is 0.827. The first-order valence-electron chi connectivity index (χ1n) is 5.32. The predicted octanol–water partition coefficient (Wildman–Crippen LogP) is 1.78.